The van der Waals surface area contributed by atoms with Crippen molar-refractivity contribution in [3.63, 3.8) is 0 Å². The molecule has 2 aromatic rings. The van der Waals surface area contributed by atoms with Gasteiger partial charge in [-0.1, -0.05) is 25.5 Å². The van der Waals surface area contributed by atoms with E-state index in [2.05, 4.69) is 17.2 Å². The van der Waals surface area contributed by atoms with Gasteiger partial charge in [-0.25, -0.2) is 4.98 Å². The summed E-state index contributed by atoms with van der Waals surface area (Å²) in [4.78, 5) is 26.5. The van der Waals surface area contributed by atoms with E-state index in [0.29, 0.717) is 17.4 Å². The van der Waals surface area contributed by atoms with Gasteiger partial charge in [-0.05, 0) is 30.2 Å². The van der Waals surface area contributed by atoms with Crippen molar-refractivity contribution in [3.05, 3.63) is 47.0 Å². The molecule has 0 aliphatic carbocycles. The smallest absolute Gasteiger partial charge is 0.309 e. The molecule has 1 aromatic carbocycles. The Hall–Kier alpha value is -2.67. The van der Waals surface area contributed by atoms with E-state index in [9.17, 15) is 9.59 Å². The van der Waals surface area contributed by atoms with Gasteiger partial charge in [-0.2, -0.15) is 0 Å². The molecule has 25 heavy (non-hydrogen) atoms. The standard InChI is InChI=1S/C18H20N2O4S/c1-2-3-10-24-15-7-4-13(5-8-15)6-9-16(21)20-18-19-14(12-25-18)11-17(22)23/h4-9,12H,2-3,10-11H2,1H3,(H,22,23)(H,19,20,21)/b9-6+. The lowest BCUT2D eigenvalue weighted by Crippen LogP contribution is -2.08. The number of carbonyl (C=O) groups is 2. The van der Waals surface area contributed by atoms with Crippen molar-refractivity contribution in [2.45, 2.75) is 26.2 Å². The van der Waals surface area contributed by atoms with Crippen LogP contribution in [0.3, 0.4) is 0 Å². The normalized spacial score (nSPS) is 10.8. The van der Waals surface area contributed by atoms with Gasteiger partial charge in [0.1, 0.15) is 5.75 Å². The summed E-state index contributed by atoms with van der Waals surface area (Å²) in [6.07, 6.45) is 5.05. The molecule has 0 spiro atoms. The Morgan fingerprint density at radius 3 is 2.76 bits per heavy atom. The molecular formula is C18H20N2O4S. The van der Waals surface area contributed by atoms with Crippen LogP contribution in [0.1, 0.15) is 31.0 Å². The number of rotatable bonds is 9. The number of carbonyl (C=O) groups excluding carboxylic acids is 1. The van der Waals surface area contributed by atoms with Crippen molar-refractivity contribution in [3.8, 4) is 5.75 Å². The monoisotopic (exact) mass is 360 g/mol. The van der Waals surface area contributed by atoms with E-state index in [0.717, 1.165) is 24.2 Å². The van der Waals surface area contributed by atoms with Crippen LogP contribution in [0, 0.1) is 0 Å². The molecule has 0 atom stereocenters. The number of nitrogens with one attached hydrogen (secondary N) is 1. The zero-order chi connectivity index (χ0) is 18.1. The first-order valence-corrected chi connectivity index (χ1v) is 8.83. The highest BCUT2D eigenvalue weighted by Crippen LogP contribution is 2.16. The summed E-state index contributed by atoms with van der Waals surface area (Å²) < 4.78 is 5.58. The summed E-state index contributed by atoms with van der Waals surface area (Å²) in [5.74, 6) is -0.464. The quantitative estimate of drug-likeness (QED) is 0.527. The molecule has 1 aromatic heterocycles. The molecule has 7 heteroatoms. The van der Waals surface area contributed by atoms with Crippen molar-refractivity contribution in [1.82, 2.24) is 4.98 Å². The first-order valence-electron chi connectivity index (χ1n) is 7.95. The SMILES string of the molecule is CCCCOc1ccc(/C=C/C(=O)Nc2nc(CC(=O)O)cs2)cc1. The molecule has 1 amide bonds. The Kier molecular flexibility index (Phi) is 7.16. The maximum absolute atomic E-state index is 11.9. The number of ether oxygens (including phenoxy) is 1. The van der Waals surface area contributed by atoms with Crippen molar-refractivity contribution >= 4 is 34.4 Å². The van der Waals surface area contributed by atoms with Crippen LogP contribution in [0.25, 0.3) is 6.08 Å². The van der Waals surface area contributed by atoms with Crippen molar-refractivity contribution < 1.29 is 19.4 Å². The zero-order valence-electron chi connectivity index (χ0n) is 13.9. The third-order valence-electron chi connectivity index (χ3n) is 3.19. The maximum Gasteiger partial charge on any atom is 0.309 e. The summed E-state index contributed by atoms with van der Waals surface area (Å²) in [6, 6.07) is 7.48. The molecule has 0 radical (unpaired) electrons. The molecular weight excluding hydrogens is 340 g/mol. The Morgan fingerprint density at radius 2 is 2.08 bits per heavy atom. The number of thiazole rings is 1. The molecule has 0 fully saturated rings. The van der Waals surface area contributed by atoms with Crippen LogP contribution < -0.4 is 10.1 Å². The van der Waals surface area contributed by atoms with E-state index in [1.807, 2.05) is 24.3 Å². The van der Waals surface area contributed by atoms with Gasteiger partial charge in [-0.15, -0.1) is 11.3 Å². The summed E-state index contributed by atoms with van der Waals surface area (Å²) in [5, 5.41) is 13.3. The number of carboxylic acids is 1. The van der Waals surface area contributed by atoms with Crippen LogP contribution in [0.15, 0.2) is 35.7 Å². The van der Waals surface area contributed by atoms with E-state index < -0.39 is 5.97 Å². The molecule has 2 N–H and O–H groups in total. The fourth-order valence-electron chi connectivity index (χ4n) is 1.93. The average molecular weight is 360 g/mol. The summed E-state index contributed by atoms with van der Waals surface area (Å²) in [7, 11) is 0. The molecule has 0 bridgehead atoms. The number of nitrogens with zero attached hydrogens (tertiary/aromatic N) is 1. The Bertz CT molecular complexity index is 738. The van der Waals surface area contributed by atoms with Crippen LogP contribution in [-0.4, -0.2) is 28.6 Å². The van der Waals surface area contributed by atoms with Crippen molar-refractivity contribution in [2.24, 2.45) is 0 Å². The fraction of sp³-hybridized carbons (Fsp3) is 0.278. The topological polar surface area (TPSA) is 88.5 Å². The number of carboxylic acid groups (broad SMARTS) is 1. The zero-order valence-corrected chi connectivity index (χ0v) is 14.7. The lowest BCUT2D eigenvalue weighted by atomic mass is 10.2. The molecule has 0 aliphatic heterocycles. The highest BCUT2D eigenvalue weighted by Gasteiger charge is 2.07. The number of hydrogen-bond donors (Lipinski definition) is 2. The molecule has 2 rings (SSSR count). The number of benzene rings is 1. The predicted octanol–water partition coefficient (Wildman–Crippen LogP) is 3.60. The number of aliphatic carboxylic acids is 1. The molecule has 132 valence electrons. The predicted molar refractivity (Wildman–Crippen MR) is 98.0 cm³/mol. The van der Waals surface area contributed by atoms with Crippen LogP contribution in [-0.2, 0) is 16.0 Å². The minimum atomic E-state index is -0.954. The largest absolute Gasteiger partial charge is 0.494 e. The fourth-order valence-corrected chi connectivity index (χ4v) is 2.64. The van der Waals surface area contributed by atoms with Gasteiger partial charge in [-0.3, -0.25) is 14.9 Å². The Labute approximate surface area is 150 Å². The first kappa shape index (κ1) is 18.7. The van der Waals surface area contributed by atoms with Gasteiger partial charge < -0.3 is 9.84 Å². The van der Waals surface area contributed by atoms with Gasteiger partial charge in [0.15, 0.2) is 5.13 Å². The maximum atomic E-state index is 11.9. The van der Waals surface area contributed by atoms with Gasteiger partial charge in [0, 0.05) is 11.5 Å². The number of aromatic nitrogens is 1. The highest BCUT2D eigenvalue weighted by molar-refractivity contribution is 7.14. The minimum Gasteiger partial charge on any atom is -0.494 e. The van der Waals surface area contributed by atoms with Crippen LogP contribution in [0.2, 0.25) is 0 Å². The van der Waals surface area contributed by atoms with Gasteiger partial charge in [0.2, 0.25) is 5.91 Å². The van der Waals surface area contributed by atoms with Gasteiger partial charge in [0.05, 0.1) is 18.7 Å². The van der Waals surface area contributed by atoms with E-state index in [4.69, 9.17) is 9.84 Å². The Balaban J connectivity index is 1.85. The van der Waals surface area contributed by atoms with Gasteiger partial charge in [0.25, 0.3) is 0 Å². The first-order chi connectivity index (χ1) is 12.1. The van der Waals surface area contributed by atoms with E-state index >= 15 is 0 Å². The van der Waals surface area contributed by atoms with Crippen molar-refractivity contribution in [2.75, 3.05) is 11.9 Å². The second-order valence-corrected chi connectivity index (χ2v) is 6.17. The molecule has 0 saturated carbocycles. The lowest BCUT2D eigenvalue weighted by molar-refractivity contribution is -0.136. The minimum absolute atomic E-state index is 0.158. The van der Waals surface area contributed by atoms with E-state index in [1.54, 1.807) is 11.5 Å². The van der Waals surface area contributed by atoms with Crippen LogP contribution in [0.5, 0.6) is 5.75 Å². The molecule has 0 aliphatic rings. The Morgan fingerprint density at radius 1 is 1.32 bits per heavy atom. The van der Waals surface area contributed by atoms with E-state index in [-0.39, 0.29) is 12.3 Å². The third kappa shape index (κ3) is 6.76. The molecule has 0 unspecified atom stereocenters. The number of anilines is 1. The number of amides is 1. The van der Waals surface area contributed by atoms with Crippen molar-refractivity contribution in [1.29, 1.82) is 0 Å². The third-order valence-corrected chi connectivity index (χ3v) is 3.99. The number of hydrogen-bond acceptors (Lipinski definition) is 5. The number of unbranched alkanes of at least 4 members (excludes halogenated alkanes) is 1. The van der Waals surface area contributed by atoms with Gasteiger partial charge >= 0.3 is 5.97 Å². The average Bonchev–Trinajstić information content (AvgIpc) is 3.00. The highest BCUT2D eigenvalue weighted by atomic mass is 32.1. The summed E-state index contributed by atoms with van der Waals surface area (Å²) in [6.45, 7) is 2.81. The second kappa shape index (κ2) is 9.58. The lowest BCUT2D eigenvalue weighted by Gasteiger charge is -2.05. The van der Waals surface area contributed by atoms with Crippen LogP contribution in [0.4, 0.5) is 5.13 Å². The summed E-state index contributed by atoms with van der Waals surface area (Å²) in [5.41, 5.74) is 1.30. The molecule has 1 heterocycles. The molecule has 6 nitrogen and oxygen atoms in total. The molecule has 0 saturated heterocycles. The van der Waals surface area contributed by atoms with Crippen LogP contribution >= 0.6 is 11.3 Å². The van der Waals surface area contributed by atoms with E-state index in [1.165, 1.54) is 17.4 Å². The summed E-state index contributed by atoms with van der Waals surface area (Å²) >= 11 is 1.20. The second-order valence-electron chi connectivity index (χ2n) is 5.31.